The zero-order valence-corrected chi connectivity index (χ0v) is 13.0. The maximum absolute atomic E-state index is 12.3. The molecule has 1 heterocycles. The Balaban J connectivity index is 1.98. The van der Waals surface area contributed by atoms with Crippen LogP contribution in [0.4, 0.5) is 0 Å². The largest absolute Gasteiger partial charge is 0.394 e. The van der Waals surface area contributed by atoms with E-state index in [1.165, 1.54) is 5.56 Å². The monoisotopic (exact) mass is 290 g/mol. The fourth-order valence-corrected chi connectivity index (χ4v) is 2.90. The predicted molar refractivity (Wildman–Crippen MR) is 83.8 cm³/mol. The Hall–Kier alpha value is -1.39. The van der Waals surface area contributed by atoms with Crippen molar-refractivity contribution < 1.29 is 9.90 Å². The van der Waals surface area contributed by atoms with E-state index in [9.17, 15) is 9.90 Å². The number of aliphatic hydroxyl groups excluding tert-OH is 1. The molecule has 1 N–H and O–H groups in total. The first-order valence-corrected chi connectivity index (χ1v) is 7.78. The van der Waals surface area contributed by atoms with Gasteiger partial charge in [0, 0.05) is 32.6 Å². The molecule has 0 saturated carbocycles. The second kappa shape index (κ2) is 7.57. The fraction of sp³-hybridized carbons (Fsp3) is 0.588. The minimum atomic E-state index is -0.0609. The Morgan fingerprint density at radius 2 is 1.86 bits per heavy atom. The summed E-state index contributed by atoms with van der Waals surface area (Å²) in [5.74, 6) is 0.443. The first-order valence-electron chi connectivity index (χ1n) is 7.78. The molecule has 0 bridgehead atoms. The van der Waals surface area contributed by atoms with Gasteiger partial charge in [0.05, 0.1) is 12.6 Å². The van der Waals surface area contributed by atoms with Gasteiger partial charge in [0.25, 0.3) is 0 Å². The molecular weight excluding hydrogens is 264 g/mol. The molecule has 2 rings (SSSR count). The van der Waals surface area contributed by atoms with Crippen molar-refractivity contribution in [2.45, 2.75) is 32.9 Å². The molecule has 1 amide bonds. The Morgan fingerprint density at radius 1 is 1.14 bits per heavy atom. The molecule has 0 spiro atoms. The van der Waals surface area contributed by atoms with E-state index >= 15 is 0 Å². The number of amides is 1. The van der Waals surface area contributed by atoms with Gasteiger partial charge in [-0.2, -0.15) is 0 Å². The van der Waals surface area contributed by atoms with Gasteiger partial charge in [-0.3, -0.25) is 9.69 Å². The number of rotatable bonds is 5. The summed E-state index contributed by atoms with van der Waals surface area (Å²) in [5.41, 5.74) is 1.28. The molecule has 4 nitrogen and oxygen atoms in total. The highest BCUT2D eigenvalue weighted by Gasteiger charge is 2.28. The lowest BCUT2D eigenvalue weighted by molar-refractivity contribution is -0.134. The quantitative estimate of drug-likeness (QED) is 0.898. The van der Waals surface area contributed by atoms with Crippen LogP contribution >= 0.6 is 0 Å². The van der Waals surface area contributed by atoms with E-state index in [4.69, 9.17) is 0 Å². The van der Waals surface area contributed by atoms with Gasteiger partial charge in [-0.25, -0.2) is 0 Å². The Labute approximate surface area is 127 Å². The molecule has 1 aliphatic heterocycles. The topological polar surface area (TPSA) is 43.8 Å². The molecule has 1 saturated heterocycles. The van der Waals surface area contributed by atoms with Crippen molar-refractivity contribution in [3.8, 4) is 0 Å². The summed E-state index contributed by atoms with van der Waals surface area (Å²) in [4.78, 5) is 16.5. The van der Waals surface area contributed by atoms with Crippen molar-refractivity contribution in [2.75, 3.05) is 26.2 Å². The maximum atomic E-state index is 12.3. The van der Waals surface area contributed by atoms with Crippen LogP contribution in [-0.2, 0) is 11.3 Å². The van der Waals surface area contributed by atoms with Gasteiger partial charge in [-0.05, 0) is 11.5 Å². The Kier molecular flexibility index (Phi) is 5.76. The van der Waals surface area contributed by atoms with Crippen molar-refractivity contribution in [2.24, 2.45) is 5.92 Å². The predicted octanol–water partition coefficient (Wildman–Crippen LogP) is 1.74. The summed E-state index contributed by atoms with van der Waals surface area (Å²) < 4.78 is 0. The van der Waals surface area contributed by atoms with Crippen LogP contribution in [0, 0.1) is 5.92 Å². The normalized spacial score (nSPS) is 18.9. The van der Waals surface area contributed by atoms with Crippen molar-refractivity contribution in [1.82, 2.24) is 9.80 Å². The van der Waals surface area contributed by atoms with E-state index in [0.717, 1.165) is 19.6 Å². The second-order valence-corrected chi connectivity index (χ2v) is 6.09. The highest BCUT2D eigenvalue weighted by Crippen LogP contribution is 2.16. The van der Waals surface area contributed by atoms with E-state index in [1.807, 2.05) is 23.1 Å². The number of hydrogen-bond acceptors (Lipinski definition) is 3. The lowest BCUT2D eigenvalue weighted by atomic mass is 10.0. The Morgan fingerprint density at radius 3 is 2.48 bits per heavy atom. The molecule has 0 aliphatic carbocycles. The van der Waals surface area contributed by atoms with Crippen LogP contribution < -0.4 is 0 Å². The van der Waals surface area contributed by atoms with Crippen LogP contribution in [0.15, 0.2) is 30.3 Å². The lowest BCUT2D eigenvalue weighted by Gasteiger charge is -2.32. The van der Waals surface area contributed by atoms with Crippen LogP contribution in [-0.4, -0.2) is 53.1 Å². The van der Waals surface area contributed by atoms with Gasteiger partial charge in [0.1, 0.15) is 0 Å². The zero-order chi connectivity index (χ0) is 15.2. The molecule has 1 aliphatic rings. The van der Waals surface area contributed by atoms with E-state index in [2.05, 4.69) is 30.9 Å². The summed E-state index contributed by atoms with van der Waals surface area (Å²) in [5, 5.41) is 9.55. The van der Waals surface area contributed by atoms with E-state index < -0.39 is 0 Å². The first kappa shape index (κ1) is 16.0. The van der Waals surface area contributed by atoms with Crippen LogP contribution in [0.25, 0.3) is 0 Å². The molecule has 21 heavy (non-hydrogen) atoms. The van der Waals surface area contributed by atoms with Gasteiger partial charge in [0.15, 0.2) is 0 Å². The average Bonchev–Trinajstić information content (AvgIpc) is 2.64. The number of aliphatic hydroxyl groups is 1. The molecule has 4 heteroatoms. The average molecular weight is 290 g/mol. The molecule has 1 aromatic carbocycles. The van der Waals surface area contributed by atoms with Crippen LogP contribution in [0.2, 0.25) is 0 Å². The minimum absolute atomic E-state index is 0.0437. The number of carbonyl (C=O) groups excluding carboxylic acids is 1. The summed E-state index contributed by atoms with van der Waals surface area (Å²) in [7, 11) is 0. The summed E-state index contributed by atoms with van der Waals surface area (Å²) >= 11 is 0. The number of nitrogens with zero attached hydrogens (tertiary/aromatic N) is 2. The maximum Gasteiger partial charge on any atom is 0.224 e. The highest BCUT2D eigenvalue weighted by atomic mass is 16.3. The van der Waals surface area contributed by atoms with Crippen molar-refractivity contribution in [3.63, 3.8) is 0 Å². The number of carbonyl (C=O) groups is 1. The molecule has 0 radical (unpaired) electrons. The standard InChI is InChI=1S/C17H26N2O2/c1-14(2)16(13-20)19-11-10-18(9-8-17(19)21)12-15-6-4-3-5-7-15/h3-7,14,16,20H,8-13H2,1-2H3/t16-/m1/s1. The zero-order valence-electron chi connectivity index (χ0n) is 13.0. The fourth-order valence-electron chi connectivity index (χ4n) is 2.90. The van der Waals surface area contributed by atoms with E-state index in [1.54, 1.807) is 0 Å². The van der Waals surface area contributed by atoms with Crippen molar-refractivity contribution in [3.05, 3.63) is 35.9 Å². The third-order valence-electron chi connectivity index (χ3n) is 4.23. The molecule has 1 aromatic rings. The molecule has 1 fully saturated rings. The first-order chi connectivity index (χ1) is 10.1. The lowest BCUT2D eigenvalue weighted by Crippen LogP contribution is -2.46. The van der Waals surface area contributed by atoms with Gasteiger partial charge >= 0.3 is 0 Å². The minimum Gasteiger partial charge on any atom is -0.394 e. The van der Waals surface area contributed by atoms with Gasteiger partial charge < -0.3 is 10.0 Å². The smallest absolute Gasteiger partial charge is 0.224 e. The summed E-state index contributed by atoms with van der Waals surface area (Å²) in [6.07, 6.45) is 0.538. The molecule has 116 valence electrons. The molecule has 1 atom stereocenters. The third kappa shape index (κ3) is 4.29. The van der Waals surface area contributed by atoms with Crippen LogP contribution in [0.5, 0.6) is 0 Å². The second-order valence-electron chi connectivity index (χ2n) is 6.09. The molecule has 0 aromatic heterocycles. The van der Waals surface area contributed by atoms with Crippen molar-refractivity contribution in [1.29, 1.82) is 0 Å². The van der Waals surface area contributed by atoms with Crippen LogP contribution in [0.1, 0.15) is 25.8 Å². The van der Waals surface area contributed by atoms with Gasteiger partial charge in [0.2, 0.25) is 5.91 Å². The van der Waals surface area contributed by atoms with E-state index in [-0.39, 0.29) is 24.5 Å². The summed E-state index contributed by atoms with van der Waals surface area (Å²) in [6.45, 7) is 7.40. The van der Waals surface area contributed by atoms with Gasteiger partial charge in [-0.1, -0.05) is 44.2 Å². The highest BCUT2D eigenvalue weighted by molar-refractivity contribution is 5.77. The van der Waals surface area contributed by atoms with Crippen LogP contribution in [0.3, 0.4) is 0 Å². The Bertz CT molecular complexity index is 447. The van der Waals surface area contributed by atoms with Crippen molar-refractivity contribution >= 4 is 5.91 Å². The van der Waals surface area contributed by atoms with Gasteiger partial charge in [-0.15, -0.1) is 0 Å². The third-order valence-corrected chi connectivity index (χ3v) is 4.23. The SMILES string of the molecule is CC(C)[C@@H](CO)N1CCN(Cc2ccccc2)CCC1=O. The number of benzene rings is 1. The summed E-state index contributed by atoms with van der Waals surface area (Å²) in [6, 6.07) is 10.3. The number of hydrogen-bond donors (Lipinski definition) is 1. The molecule has 0 unspecified atom stereocenters. The molecular formula is C17H26N2O2. The van der Waals surface area contributed by atoms with E-state index in [0.29, 0.717) is 13.0 Å².